The van der Waals surface area contributed by atoms with E-state index >= 15 is 0 Å². The Morgan fingerprint density at radius 1 is 0.826 bits per heavy atom. The molecule has 0 aromatic rings. The normalized spacial score (nSPS) is 14.3. The molecule has 1 atom stereocenters. The van der Waals surface area contributed by atoms with Gasteiger partial charge in [-0.1, -0.05) is 0 Å². The van der Waals surface area contributed by atoms with Gasteiger partial charge in [-0.2, -0.15) is 5.48 Å². The average molecular weight is 331 g/mol. The number of ether oxygens (including phenoxy) is 2. The van der Waals surface area contributed by atoms with Crippen molar-refractivity contribution < 1.29 is 23.9 Å². The molecule has 1 N–H and O–H groups in total. The minimum absolute atomic E-state index is 0.0989. The fourth-order valence-electron chi connectivity index (χ4n) is 1.50. The Morgan fingerprint density at radius 2 is 1.30 bits per heavy atom. The minimum atomic E-state index is -0.735. The van der Waals surface area contributed by atoms with Crippen molar-refractivity contribution in [1.29, 1.82) is 0 Å². The molecule has 0 aliphatic rings. The van der Waals surface area contributed by atoms with Gasteiger partial charge in [-0.3, -0.25) is 14.4 Å². The molecule has 0 fully saturated rings. The van der Waals surface area contributed by atoms with Gasteiger partial charge in [0.2, 0.25) is 0 Å². The Labute approximate surface area is 140 Å². The predicted molar refractivity (Wildman–Crippen MR) is 88.7 cm³/mol. The third kappa shape index (κ3) is 13.0. The second-order valence-electron chi connectivity index (χ2n) is 8.54. The fourth-order valence-corrected chi connectivity index (χ4v) is 1.50. The van der Waals surface area contributed by atoms with Crippen molar-refractivity contribution in [3.63, 3.8) is 0 Å². The highest BCUT2D eigenvalue weighted by Gasteiger charge is 2.28. The van der Waals surface area contributed by atoms with Crippen LogP contribution in [0.5, 0.6) is 0 Å². The topological polar surface area (TPSA) is 73.9 Å². The zero-order valence-corrected chi connectivity index (χ0v) is 16.0. The molecule has 0 amide bonds. The zero-order chi connectivity index (χ0) is 18.5. The van der Waals surface area contributed by atoms with Crippen LogP contribution in [0.4, 0.5) is 0 Å². The number of esters is 2. The van der Waals surface area contributed by atoms with E-state index in [1.165, 1.54) is 0 Å². The summed E-state index contributed by atoms with van der Waals surface area (Å²) in [5.74, 6) is -0.811. The second kappa shape index (κ2) is 8.11. The van der Waals surface area contributed by atoms with Crippen LogP contribution in [0.3, 0.4) is 0 Å². The van der Waals surface area contributed by atoms with Crippen LogP contribution in [0.1, 0.15) is 75.2 Å². The quantitative estimate of drug-likeness (QED) is 0.595. The molecule has 0 saturated heterocycles. The number of rotatable bonds is 6. The number of hydroxylamine groups is 1. The molecule has 6 heteroatoms. The lowest BCUT2D eigenvalue weighted by Crippen LogP contribution is -2.44. The van der Waals surface area contributed by atoms with Crippen LogP contribution in [0, 0.1) is 0 Å². The standard InChI is InChI=1S/C17H33NO5/c1-15(2,3)21-13(19)11-10-12(18-23-17(7,8)9)14(20)22-16(4,5)6/h12,18H,10-11H2,1-9H3. The van der Waals surface area contributed by atoms with Crippen LogP contribution in [-0.2, 0) is 23.9 Å². The lowest BCUT2D eigenvalue weighted by Gasteiger charge is -2.27. The van der Waals surface area contributed by atoms with Gasteiger partial charge in [-0.25, -0.2) is 0 Å². The van der Waals surface area contributed by atoms with Crippen LogP contribution in [0.2, 0.25) is 0 Å². The van der Waals surface area contributed by atoms with E-state index in [1.807, 2.05) is 20.8 Å². The first-order chi connectivity index (χ1) is 10.1. The summed E-state index contributed by atoms with van der Waals surface area (Å²) in [4.78, 5) is 29.5. The maximum atomic E-state index is 12.3. The molecule has 0 aromatic carbocycles. The third-order valence-electron chi connectivity index (χ3n) is 2.26. The monoisotopic (exact) mass is 331 g/mol. The van der Waals surface area contributed by atoms with E-state index in [-0.39, 0.29) is 18.8 Å². The van der Waals surface area contributed by atoms with E-state index in [1.54, 1.807) is 41.5 Å². The van der Waals surface area contributed by atoms with Crippen molar-refractivity contribution in [2.75, 3.05) is 0 Å². The van der Waals surface area contributed by atoms with Gasteiger partial charge in [0.15, 0.2) is 0 Å². The van der Waals surface area contributed by atoms with E-state index in [4.69, 9.17) is 14.3 Å². The Bertz CT molecular complexity index is 399. The maximum absolute atomic E-state index is 12.3. The van der Waals surface area contributed by atoms with Gasteiger partial charge in [0.25, 0.3) is 0 Å². The minimum Gasteiger partial charge on any atom is -0.460 e. The molecule has 0 aliphatic heterocycles. The van der Waals surface area contributed by atoms with Crippen molar-refractivity contribution >= 4 is 11.9 Å². The Hall–Kier alpha value is -1.14. The molecule has 0 radical (unpaired) electrons. The second-order valence-corrected chi connectivity index (χ2v) is 8.54. The summed E-state index contributed by atoms with van der Waals surface area (Å²) in [5, 5.41) is 0. The maximum Gasteiger partial charge on any atom is 0.326 e. The summed E-state index contributed by atoms with van der Waals surface area (Å²) < 4.78 is 10.6. The fraction of sp³-hybridized carbons (Fsp3) is 0.882. The molecular weight excluding hydrogens is 298 g/mol. The van der Waals surface area contributed by atoms with E-state index in [0.717, 1.165) is 0 Å². The third-order valence-corrected chi connectivity index (χ3v) is 2.26. The molecule has 0 heterocycles. The van der Waals surface area contributed by atoms with Crippen LogP contribution in [-0.4, -0.2) is 34.8 Å². The van der Waals surface area contributed by atoms with Crippen LogP contribution >= 0.6 is 0 Å². The van der Waals surface area contributed by atoms with Crippen molar-refractivity contribution in [1.82, 2.24) is 5.48 Å². The highest BCUT2D eigenvalue weighted by molar-refractivity contribution is 5.77. The molecule has 0 rings (SSSR count). The molecule has 136 valence electrons. The van der Waals surface area contributed by atoms with Gasteiger partial charge in [0.05, 0.1) is 5.60 Å². The number of hydrogen-bond donors (Lipinski definition) is 1. The summed E-state index contributed by atoms with van der Waals surface area (Å²) in [7, 11) is 0. The Kier molecular flexibility index (Phi) is 7.70. The highest BCUT2D eigenvalue weighted by Crippen LogP contribution is 2.14. The molecule has 23 heavy (non-hydrogen) atoms. The summed E-state index contributed by atoms with van der Waals surface area (Å²) in [6, 6.07) is -0.735. The average Bonchev–Trinajstić information content (AvgIpc) is 2.21. The molecular formula is C17H33NO5. The number of nitrogens with one attached hydrogen (secondary N) is 1. The van der Waals surface area contributed by atoms with Crippen molar-refractivity contribution in [2.45, 2.75) is 98.0 Å². The molecule has 0 spiro atoms. The number of hydrogen-bond acceptors (Lipinski definition) is 6. The Balaban J connectivity index is 4.72. The first-order valence-electron chi connectivity index (χ1n) is 7.97. The first kappa shape index (κ1) is 21.9. The molecule has 0 aromatic heterocycles. The molecule has 0 saturated carbocycles. The summed E-state index contributed by atoms with van der Waals surface area (Å²) in [6.45, 7) is 16.4. The molecule has 0 bridgehead atoms. The van der Waals surface area contributed by atoms with E-state index in [9.17, 15) is 9.59 Å². The van der Waals surface area contributed by atoms with Crippen molar-refractivity contribution in [3.05, 3.63) is 0 Å². The summed E-state index contributed by atoms with van der Waals surface area (Å²) >= 11 is 0. The predicted octanol–water partition coefficient (Wildman–Crippen LogP) is 3.14. The first-order valence-corrected chi connectivity index (χ1v) is 7.97. The lowest BCUT2D eigenvalue weighted by atomic mass is 10.1. The van der Waals surface area contributed by atoms with Gasteiger partial charge < -0.3 is 9.47 Å². The number of carbonyl (C=O) groups excluding carboxylic acids is 2. The molecule has 6 nitrogen and oxygen atoms in total. The van der Waals surface area contributed by atoms with Crippen molar-refractivity contribution in [3.8, 4) is 0 Å². The molecule has 0 aliphatic carbocycles. The lowest BCUT2D eigenvalue weighted by molar-refractivity contribution is -0.168. The van der Waals surface area contributed by atoms with Crippen LogP contribution in [0.25, 0.3) is 0 Å². The van der Waals surface area contributed by atoms with Gasteiger partial charge in [-0.05, 0) is 68.7 Å². The van der Waals surface area contributed by atoms with E-state index in [2.05, 4.69) is 5.48 Å². The van der Waals surface area contributed by atoms with Gasteiger partial charge >= 0.3 is 11.9 Å². The van der Waals surface area contributed by atoms with Crippen LogP contribution < -0.4 is 5.48 Å². The smallest absolute Gasteiger partial charge is 0.326 e. The Morgan fingerprint density at radius 3 is 1.70 bits per heavy atom. The summed E-state index contributed by atoms with van der Waals surface area (Å²) in [6.07, 6.45) is 0.335. The zero-order valence-electron chi connectivity index (χ0n) is 16.0. The van der Waals surface area contributed by atoms with E-state index < -0.39 is 28.8 Å². The van der Waals surface area contributed by atoms with Gasteiger partial charge in [-0.15, -0.1) is 0 Å². The van der Waals surface area contributed by atoms with Gasteiger partial charge in [0.1, 0.15) is 17.2 Å². The highest BCUT2D eigenvalue weighted by atomic mass is 16.7. The summed E-state index contributed by atoms with van der Waals surface area (Å²) in [5.41, 5.74) is 1.10. The molecule has 1 unspecified atom stereocenters. The van der Waals surface area contributed by atoms with Gasteiger partial charge in [0, 0.05) is 6.42 Å². The SMILES string of the molecule is CC(C)(C)ONC(CCC(=O)OC(C)(C)C)C(=O)OC(C)(C)C. The number of carbonyl (C=O) groups is 2. The van der Waals surface area contributed by atoms with Crippen molar-refractivity contribution in [2.24, 2.45) is 0 Å². The van der Waals surface area contributed by atoms with E-state index in [0.29, 0.717) is 0 Å². The largest absolute Gasteiger partial charge is 0.460 e. The van der Waals surface area contributed by atoms with Crippen LogP contribution in [0.15, 0.2) is 0 Å².